The van der Waals surface area contributed by atoms with Gasteiger partial charge in [-0.3, -0.25) is 0 Å². The molecule has 1 aliphatic rings. The van der Waals surface area contributed by atoms with Crippen molar-refractivity contribution in [2.24, 2.45) is 0 Å². The molecule has 146 valence electrons. The van der Waals surface area contributed by atoms with Crippen LogP contribution in [0, 0.1) is 0 Å². The molecule has 0 aliphatic carbocycles. The lowest BCUT2D eigenvalue weighted by molar-refractivity contribution is 0.174. The fourth-order valence-electron chi connectivity index (χ4n) is 3.34. The first kappa shape index (κ1) is 17.4. The first-order valence-corrected chi connectivity index (χ1v) is 9.42. The minimum atomic E-state index is 0.281. The Balaban J connectivity index is 1.39. The van der Waals surface area contributed by atoms with Gasteiger partial charge in [0.25, 0.3) is 0 Å². The molecule has 0 spiro atoms. The van der Waals surface area contributed by atoms with Gasteiger partial charge in [-0.25, -0.2) is 9.50 Å². The van der Waals surface area contributed by atoms with E-state index >= 15 is 0 Å². The van der Waals surface area contributed by atoms with E-state index in [0.717, 1.165) is 45.5 Å². The maximum absolute atomic E-state index is 5.45. The minimum Gasteiger partial charge on any atom is -0.454 e. The third kappa shape index (κ3) is 3.31. The predicted octanol–water partition coefficient (Wildman–Crippen LogP) is 3.80. The van der Waals surface area contributed by atoms with E-state index in [4.69, 9.17) is 14.6 Å². The molecule has 0 saturated carbocycles. The Kier molecular flexibility index (Phi) is 4.20. The van der Waals surface area contributed by atoms with E-state index in [1.54, 1.807) is 0 Å². The van der Waals surface area contributed by atoms with Crippen LogP contribution in [-0.4, -0.2) is 35.5 Å². The molecule has 2 aromatic heterocycles. The molecule has 4 aromatic rings. The number of nitrogens with one attached hydrogen (secondary N) is 1. The average molecular weight is 387 g/mol. The van der Waals surface area contributed by atoms with Crippen LogP contribution in [0.25, 0.3) is 16.9 Å². The number of fused-ring (bicyclic) bond motifs is 2. The monoisotopic (exact) mass is 387 g/mol. The molecular formula is C22H21N5O2. The topological polar surface area (TPSA) is 63.9 Å². The molecule has 1 aliphatic heterocycles. The van der Waals surface area contributed by atoms with Crippen molar-refractivity contribution in [3.8, 4) is 22.8 Å². The van der Waals surface area contributed by atoms with Crippen molar-refractivity contribution in [2.75, 3.05) is 31.1 Å². The maximum atomic E-state index is 5.45. The normalized spacial score (nSPS) is 12.3. The number of anilines is 2. The molecule has 0 saturated heterocycles. The second-order valence-corrected chi connectivity index (χ2v) is 7.11. The molecule has 5 rings (SSSR count). The van der Waals surface area contributed by atoms with E-state index in [1.807, 2.05) is 55.1 Å². The fourth-order valence-corrected chi connectivity index (χ4v) is 3.34. The highest BCUT2D eigenvalue weighted by atomic mass is 16.7. The van der Waals surface area contributed by atoms with Crippen molar-refractivity contribution in [1.29, 1.82) is 0 Å². The number of aromatic nitrogens is 3. The van der Waals surface area contributed by atoms with Crippen LogP contribution in [0.3, 0.4) is 0 Å². The van der Waals surface area contributed by atoms with Gasteiger partial charge in [0, 0.05) is 31.9 Å². The van der Waals surface area contributed by atoms with Gasteiger partial charge >= 0.3 is 0 Å². The van der Waals surface area contributed by atoms with Crippen molar-refractivity contribution in [3.05, 3.63) is 66.4 Å². The van der Waals surface area contributed by atoms with Gasteiger partial charge in [0.15, 0.2) is 17.1 Å². The largest absolute Gasteiger partial charge is 0.454 e. The van der Waals surface area contributed by atoms with E-state index in [2.05, 4.69) is 39.5 Å². The molecule has 0 unspecified atom stereocenters. The summed E-state index contributed by atoms with van der Waals surface area (Å²) < 4.78 is 12.7. The Morgan fingerprint density at radius 1 is 1.00 bits per heavy atom. The molecule has 0 amide bonds. The summed E-state index contributed by atoms with van der Waals surface area (Å²) in [6.45, 7) is 0.917. The summed E-state index contributed by atoms with van der Waals surface area (Å²) in [5.74, 6) is 2.35. The molecular weight excluding hydrogens is 366 g/mol. The smallest absolute Gasteiger partial charge is 0.231 e. The number of hydrogen-bond acceptors (Lipinski definition) is 6. The van der Waals surface area contributed by atoms with Crippen molar-refractivity contribution >= 4 is 17.2 Å². The molecule has 7 nitrogen and oxygen atoms in total. The highest BCUT2D eigenvalue weighted by Crippen LogP contribution is 2.32. The number of rotatable bonds is 5. The van der Waals surface area contributed by atoms with Crippen LogP contribution in [0.5, 0.6) is 11.5 Å². The lowest BCUT2D eigenvalue weighted by Crippen LogP contribution is -2.08. The Morgan fingerprint density at radius 2 is 1.83 bits per heavy atom. The summed E-state index contributed by atoms with van der Waals surface area (Å²) >= 11 is 0. The number of benzene rings is 2. The standard InChI is InChI=1S/C22H21N5O2/c1-26(2)17-6-4-16(5-7-17)18-13-24-22-10-9-21(25-27(18)22)23-12-15-3-8-19-20(11-15)29-14-28-19/h3-11,13H,12,14H2,1-2H3,(H,23,25). The summed E-state index contributed by atoms with van der Waals surface area (Å²) in [5.41, 5.74) is 5.09. The molecule has 0 fully saturated rings. The molecule has 1 N–H and O–H groups in total. The first-order chi connectivity index (χ1) is 14.2. The van der Waals surface area contributed by atoms with Crippen LogP contribution >= 0.6 is 0 Å². The SMILES string of the molecule is CN(C)c1ccc(-c2cnc3ccc(NCc4ccc5c(c4)OCO5)nn23)cc1. The highest BCUT2D eigenvalue weighted by Gasteiger charge is 2.13. The molecule has 0 bridgehead atoms. The van der Waals surface area contributed by atoms with Gasteiger partial charge < -0.3 is 19.7 Å². The molecule has 7 heteroatoms. The summed E-state index contributed by atoms with van der Waals surface area (Å²) in [6, 6.07) is 18.2. The van der Waals surface area contributed by atoms with Gasteiger partial charge in [0.05, 0.1) is 11.9 Å². The zero-order chi connectivity index (χ0) is 19.8. The Hall–Kier alpha value is -3.74. The molecule has 3 heterocycles. The Labute approximate surface area is 168 Å². The van der Waals surface area contributed by atoms with Gasteiger partial charge in [-0.05, 0) is 42.0 Å². The van der Waals surface area contributed by atoms with E-state index in [9.17, 15) is 0 Å². The summed E-state index contributed by atoms with van der Waals surface area (Å²) in [6.07, 6.45) is 1.86. The third-order valence-corrected chi connectivity index (χ3v) is 4.95. The average Bonchev–Trinajstić information content (AvgIpc) is 3.38. The summed E-state index contributed by atoms with van der Waals surface area (Å²) in [5, 5.41) is 8.11. The lowest BCUT2D eigenvalue weighted by Gasteiger charge is -2.12. The van der Waals surface area contributed by atoms with Gasteiger partial charge in [0.1, 0.15) is 5.82 Å². The summed E-state index contributed by atoms with van der Waals surface area (Å²) in [7, 11) is 4.06. The van der Waals surface area contributed by atoms with Gasteiger partial charge in [-0.1, -0.05) is 18.2 Å². The third-order valence-electron chi connectivity index (χ3n) is 4.95. The first-order valence-electron chi connectivity index (χ1n) is 9.42. The van der Waals surface area contributed by atoms with Crippen LogP contribution < -0.4 is 19.7 Å². The van der Waals surface area contributed by atoms with E-state index in [1.165, 1.54) is 0 Å². The quantitative estimate of drug-likeness (QED) is 0.562. The Bertz CT molecular complexity index is 1170. The predicted molar refractivity (Wildman–Crippen MR) is 113 cm³/mol. The van der Waals surface area contributed by atoms with Crippen LogP contribution in [0.15, 0.2) is 60.8 Å². The van der Waals surface area contributed by atoms with Crippen LogP contribution in [0.1, 0.15) is 5.56 Å². The molecule has 0 radical (unpaired) electrons. The van der Waals surface area contributed by atoms with Crippen molar-refractivity contribution < 1.29 is 9.47 Å². The van der Waals surface area contributed by atoms with Gasteiger partial charge in [-0.15, -0.1) is 5.10 Å². The van der Waals surface area contributed by atoms with Gasteiger partial charge in [0.2, 0.25) is 6.79 Å². The van der Waals surface area contributed by atoms with Crippen molar-refractivity contribution in [1.82, 2.24) is 14.6 Å². The van der Waals surface area contributed by atoms with E-state index < -0.39 is 0 Å². The number of ether oxygens (including phenoxy) is 2. The summed E-state index contributed by atoms with van der Waals surface area (Å²) in [4.78, 5) is 6.56. The highest BCUT2D eigenvalue weighted by molar-refractivity contribution is 5.66. The minimum absolute atomic E-state index is 0.281. The fraction of sp³-hybridized carbons (Fsp3) is 0.182. The zero-order valence-electron chi connectivity index (χ0n) is 16.3. The second-order valence-electron chi connectivity index (χ2n) is 7.11. The molecule has 0 atom stereocenters. The maximum Gasteiger partial charge on any atom is 0.231 e. The van der Waals surface area contributed by atoms with Crippen molar-refractivity contribution in [3.63, 3.8) is 0 Å². The number of hydrogen-bond donors (Lipinski definition) is 1. The number of nitrogens with zero attached hydrogens (tertiary/aromatic N) is 4. The van der Waals surface area contributed by atoms with E-state index in [-0.39, 0.29) is 6.79 Å². The lowest BCUT2D eigenvalue weighted by atomic mass is 10.1. The molecule has 29 heavy (non-hydrogen) atoms. The molecule has 2 aromatic carbocycles. The van der Waals surface area contributed by atoms with Crippen molar-refractivity contribution in [2.45, 2.75) is 6.54 Å². The van der Waals surface area contributed by atoms with Crippen LogP contribution in [0.2, 0.25) is 0 Å². The Morgan fingerprint density at radius 3 is 2.66 bits per heavy atom. The second kappa shape index (κ2) is 7.01. The number of imidazole rings is 1. The van der Waals surface area contributed by atoms with E-state index in [0.29, 0.717) is 6.54 Å². The van der Waals surface area contributed by atoms with Crippen LogP contribution in [0.4, 0.5) is 11.5 Å². The van der Waals surface area contributed by atoms with Crippen LogP contribution in [-0.2, 0) is 6.54 Å². The zero-order valence-corrected chi connectivity index (χ0v) is 16.3. The van der Waals surface area contributed by atoms with Gasteiger partial charge in [-0.2, -0.15) is 0 Å².